The normalized spacial score (nSPS) is 16.7. The first kappa shape index (κ1) is 19.2. The SMILES string of the molecule is COCc1cccc(C=C2SC(=Nc3ccccc3)N(c3ccccc3)C2=O)c1. The highest BCUT2D eigenvalue weighted by Gasteiger charge is 2.34. The summed E-state index contributed by atoms with van der Waals surface area (Å²) in [4.78, 5) is 20.3. The molecule has 1 aliphatic rings. The van der Waals surface area contributed by atoms with Crippen molar-refractivity contribution in [3.8, 4) is 0 Å². The van der Waals surface area contributed by atoms with Crippen LogP contribution in [-0.4, -0.2) is 18.2 Å². The summed E-state index contributed by atoms with van der Waals surface area (Å²) in [5, 5.41) is 0.645. The zero-order valence-corrected chi connectivity index (χ0v) is 16.8. The molecule has 0 aromatic heterocycles. The van der Waals surface area contributed by atoms with Crippen LogP contribution < -0.4 is 4.90 Å². The van der Waals surface area contributed by atoms with E-state index in [1.54, 1.807) is 12.0 Å². The lowest BCUT2D eigenvalue weighted by Crippen LogP contribution is -2.28. The van der Waals surface area contributed by atoms with Crippen molar-refractivity contribution in [1.29, 1.82) is 0 Å². The van der Waals surface area contributed by atoms with Crippen molar-refractivity contribution in [3.05, 3.63) is 101 Å². The maximum absolute atomic E-state index is 13.3. The highest BCUT2D eigenvalue weighted by Crippen LogP contribution is 2.37. The number of amidine groups is 1. The fraction of sp³-hybridized carbons (Fsp3) is 0.0833. The predicted octanol–water partition coefficient (Wildman–Crippen LogP) is 5.64. The topological polar surface area (TPSA) is 41.9 Å². The lowest BCUT2D eigenvalue weighted by Gasteiger charge is -2.15. The first-order chi connectivity index (χ1) is 14.2. The summed E-state index contributed by atoms with van der Waals surface area (Å²) >= 11 is 1.39. The molecule has 3 aromatic rings. The average molecular weight is 401 g/mol. The second-order valence-corrected chi connectivity index (χ2v) is 7.50. The van der Waals surface area contributed by atoms with Gasteiger partial charge < -0.3 is 4.74 Å². The van der Waals surface area contributed by atoms with E-state index < -0.39 is 0 Å². The Bertz CT molecular complexity index is 1060. The van der Waals surface area contributed by atoms with Gasteiger partial charge in [0.05, 0.1) is 22.9 Å². The van der Waals surface area contributed by atoms with Gasteiger partial charge in [0.25, 0.3) is 5.91 Å². The minimum absolute atomic E-state index is 0.0759. The van der Waals surface area contributed by atoms with Crippen molar-refractivity contribution in [2.45, 2.75) is 6.61 Å². The van der Waals surface area contributed by atoms with E-state index in [0.29, 0.717) is 16.7 Å². The maximum atomic E-state index is 13.3. The van der Waals surface area contributed by atoms with E-state index in [4.69, 9.17) is 9.73 Å². The number of carbonyl (C=O) groups is 1. The highest BCUT2D eigenvalue weighted by molar-refractivity contribution is 8.19. The molecule has 1 fully saturated rings. The van der Waals surface area contributed by atoms with Gasteiger partial charge in [-0.05, 0) is 59.3 Å². The van der Waals surface area contributed by atoms with Crippen molar-refractivity contribution in [3.63, 3.8) is 0 Å². The van der Waals surface area contributed by atoms with Crippen LogP contribution in [0, 0.1) is 0 Å². The quantitative estimate of drug-likeness (QED) is 0.520. The Hall–Kier alpha value is -3.15. The Morgan fingerprint density at radius 2 is 1.69 bits per heavy atom. The molecule has 4 rings (SSSR count). The van der Waals surface area contributed by atoms with Crippen molar-refractivity contribution in [1.82, 2.24) is 0 Å². The van der Waals surface area contributed by atoms with Gasteiger partial charge in [-0.1, -0.05) is 54.6 Å². The summed E-state index contributed by atoms with van der Waals surface area (Å²) in [5.41, 5.74) is 3.64. The molecule has 0 atom stereocenters. The average Bonchev–Trinajstić information content (AvgIpc) is 3.04. The van der Waals surface area contributed by atoms with Crippen LogP contribution in [0.5, 0.6) is 0 Å². The van der Waals surface area contributed by atoms with E-state index in [9.17, 15) is 4.79 Å². The molecular formula is C24H20N2O2S. The Labute approximate surface area is 174 Å². The van der Waals surface area contributed by atoms with Crippen LogP contribution in [-0.2, 0) is 16.1 Å². The number of thioether (sulfide) groups is 1. The van der Waals surface area contributed by atoms with Gasteiger partial charge in [-0.15, -0.1) is 0 Å². The smallest absolute Gasteiger partial charge is 0.271 e. The second kappa shape index (κ2) is 8.90. The van der Waals surface area contributed by atoms with E-state index >= 15 is 0 Å². The Kier molecular flexibility index (Phi) is 5.89. The molecule has 0 spiro atoms. The molecule has 0 unspecified atom stereocenters. The van der Waals surface area contributed by atoms with Crippen LogP contribution >= 0.6 is 11.8 Å². The molecule has 1 heterocycles. The van der Waals surface area contributed by atoms with Gasteiger partial charge in [0.2, 0.25) is 0 Å². The van der Waals surface area contributed by atoms with Crippen LogP contribution in [0.2, 0.25) is 0 Å². The summed E-state index contributed by atoms with van der Waals surface area (Å²) in [6, 6.07) is 27.3. The lowest BCUT2D eigenvalue weighted by atomic mass is 10.1. The van der Waals surface area contributed by atoms with Gasteiger partial charge in [-0.3, -0.25) is 9.69 Å². The summed E-state index contributed by atoms with van der Waals surface area (Å²) in [7, 11) is 1.67. The highest BCUT2D eigenvalue weighted by atomic mass is 32.2. The van der Waals surface area contributed by atoms with E-state index in [0.717, 1.165) is 22.5 Å². The van der Waals surface area contributed by atoms with Gasteiger partial charge in [0.15, 0.2) is 5.17 Å². The molecule has 1 aliphatic heterocycles. The van der Waals surface area contributed by atoms with Crippen LogP contribution in [0.25, 0.3) is 6.08 Å². The molecule has 4 nitrogen and oxygen atoms in total. The first-order valence-corrected chi connectivity index (χ1v) is 10.1. The number of aliphatic imine (C=N–C) groups is 1. The zero-order chi connectivity index (χ0) is 20.1. The molecule has 0 aliphatic carbocycles. The van der Waals surface area contributed by atoms with Gasteiger partial charge in [0, 0.05) is 7.11 Å². The van der Waals surface area contributed by atoms with Crippen molar-refractivity contribution in [2.75, 3.05) is 12.0 Å². The summed E-state index contributed by atoms with van der Waals surface area (Å²) in [6.07, 6.45) is 1.91. The molecule has 5 heteroatoms. The second-order valence-electron chi connectivity index (χ2n) is 6.49. The van der Waals surface area contributed by atoms with E-state index in [2.05, 4.69) is 0 Å². The van der Waals surface area contributed by atoms with E-state index in [1.807, 2.05) is 91.0 Å². The molecule has 1 amide bonds. The molecule has 29 heavy (non-hydrogen) atoms. The molecule has 3 aromatic carbocycles. The number of hydrogen-bond acceptors (Lipinski definition) is 4. The minimum atomic E-state index is -0.0759. The monoisotopic (exact) mass is 400 g/mol. The van der Waals surface area contributed by atoms with Gasteiger partial charge >= 0.3 is 0 Å². The maximum Gasteiger partial charge on any atom is 0.271 e. The summed E-state index contributed by atoms with van der Waals surface area (Å²) in [5.74, 6) is -0.0759. The van der Waals surface area contributed by atoms with Crippen molar-refractivity contribution in [2.24, 2.45) is 4.99 Å². The molecular weight excluding hydrogens is 380 g/mol. The Balaban J connectivity index is 1.73. The number of para-hydroxylation sites is 2. The third-order valence-electron chi connectivity index (χ3n) is 4.36. The van der Waals surface area contributed by atoms with Crippen LogP contribution in [0.4, 0.5) is 11.4 Å². The van der Waals surface area contributed by atoms with Crippen LogP contribution in [0.3, 0.4) is 0 Å². The number of hydrogen-bond donors (Lipinski definition) is 0. The molecule has 0 N–H and O–H groups in total. The fourth-order valence-electron chi connectivity index (χ4n) is 3.06. The Morgan fingerprint density at radius 1 is 0.966 bits per heavy atom. The number of anilines is 1. The molecule has 1 saturated heterocycles. The van der Waals surface area contributed by atoms with Crippen molar-refractivity contribution >= 4 is 40.3 Å². The Morgan fingerprint density at radius 3 is 2.41 bits per heavy atom. The number of carbonyl (C=O) groups excluding carboxylic acids is 1. The first-order valence-electron chi connectivity index (χ1n) is 9.25. The standard InChI is InChI=1S/C24H20N2O2S/c1-28-17-19-10-8-9-18(15-19)16-22-23(27)26(21-13-6-3-7-14-21)24(29-22)25-20-11-4-2-5-12-20/h2-16H,17H2,1H3. The number of rotatable bonds is 5. The third-order valence-corrected chi connectivity index (χ3v) is 5.33. The molecule has 0 saturated carbocycles. The predicted molar refractivity (Wildman–Crippen MR) is 120 cm³/mol. The number of benzene rings is 3. The van der Waals surface area contributed by atoms with Crippen LogP contribution in [0.15, 0.2) is 94.8 Å². The van der Waals surface area contributed by atoms with Crippen molar-refractivity contribution < 1.29 is 9.53 Å². The molecule has 0 bridgehead atoms. The molecule has 144 valence electrons. The third kappa shape index (κ3) is 4.47. The largest absolute Gasteiger partial charge is 0.380 e. The minimum Gasteiger partial charge on any atom is -0.380 e. The van der Waals surface area contributed by atoms with E-state index in [-0.39, 0.29) is 5.91 Å². The number of nitrogens with zero attached hydrogens (tertiary/aromatic N) is 2. The summed E-state index contributed by atoms with van der Waals surface area (Å²) < 4.78 is 5.21. The summed E-state index contributed by atoms with van der Waals surface area (Å²) in [6.45, 7) is 0.537. The van der Waals surface area contributed by atoms with Gasteiger partial charge in [-0.2, -0.15) is 0 Å². The number of ether oxygens (including phenoxy) is 1. The zero-order valence-electron chi connectivity index (χ0n) is 16.0. The molecule has 0 radical (unpaired) electrons. The number of amides is 1. The van der Waals surface area contributed by atoms with Gasteiger partial charge in [-0.25, -0.2) is 4.99 Å². The fourth-order valence-corrected chi connectivity index (χ4v) is 4.06. The van der Waals surface area contributed by atoms with E-state index in [1.165, 1.54) is 11.8 Å². The lowest BCUT2D eigenvalue weighted by molar-refractivity contribution is -0.113. The van der Waals surface area contributed by atoms with Crippen LogP contribution in [0.1, 0.15) is 11.1 Å². The number of methoxy groups -OCH3 is 1. The van der Waals surface area contributed by atoms with Gasteiger partial charge in [0.1, 0.15) is 0 Å².